The first-order valence-corrected chi connectivity index (χ1v) is 12.8. The van der Waals surface area contributed by atoms with Crippen molar-refractivity contribution in [2.45, 2.75) is 53.1 Å². The number of hydrogen-bond acceptors (Lipinski definition) is 7. The van der Waals surface area contributed by atoms with Gasteiger partial charge in [0.05, 0.1) is 12.7 Å². The summed E-state index contributed by atoms with van der Waals surface area (Å²) in [5.41, 5.74) is 4.87. The lowest BCUT2D eigenvalue weighted by Gasteiger charge is -2.37. The van der Waals surface area contributed by atoms with Crippen LogP contribution < -0.4 is 14.2 Å². The zero-order chi connectivity index (χ0) is 26.6. The monoisotopic (exact) mass is 510 g/mol. The SMILES string of the molecule is COc1ccc(C2C3=C(CC(C)(C)CC3=O)Oc3ncn4nc(COc5c(C)cccc5C)nc4c32)cc1. The number of rotatable bonds is 5. The Balaban J connectivity index is 1.46. The van der Waals surface area contributed by atoms with Crippen LogP contribution in [-0.4, -0.2) is 32.5 Å². The number of Topliss-reactive ketones (excluding diaryl/α,β-unsaturated/α-hetero) is 1. The van der Waals surface area contributed by atoms with Gasteiger partial charge in [-0.15, -0.1) is 5.10 Å². The highest BCUT2D eigenvalue weighted by atomic mass is 16.5. The van der Waals surface area contributed by atoms with Gasteiger partial charge in [-0.1, -0.05) is 44.2 Å². The number of allylic oxidation sites excluding steroid dienone is 2. The smallest absolute Gasteiger partial charge is 0.228 e. The summed E-state index contributed by atoms with van der Waals surface area (Å²) in [6.45, 7) is 8.42. The minimum Gasteiger partial charge on any atom is -0.497 e. The molecule has 3 heterocycles. The van der Waals surface area contributed by atoms with Crippen LogP contribution in [0.3, 0.4) is 0 Å². The third kappa shape index (κ3) is 4.10. The summed E-state index contributed by atoms with van der Waals surface area (Å²) < 4.78 is 19.5. The van der Waals surface area contributed by atoms with Crippen LogP contribution in [0.1, 0.15) is 60.7 Å². The molecular formula is C30H30N4O4. The maximum Gasteiger partial charge on any atom is 0.228 e. The second-order valence-electron chi connectivity index (χ2n) is 10.9. The topological polar surface area (TPSA) is 87.8 Å². The minimum absolute atomic E-state index is 0.0859. The highest BCUT2D eigenvalue weighted by molar-refractivity contribution is 6.00. The number of carbonyl (C=O) groups is 1. The molecule has 2 aromatic heterocycles. The number of carbonyl (C=O) groups excluding carboxylic acids is 1. The maximum absolute atomic E-state index is 13.6. The van der Waals surface area contributed by atoms with E-state index in [1.54, 1.807) is 18.0 Å². The molecule has 0 saturated carbocycles. The molecule has 6 rings (SSSR count). The second kappa shape index (κ2) is 8.97. The summed E-state index contributed by atoms with van der Waals surface area (Å²) in [4.78, 5) is 23.0. The van der Waals surface area contributed by atoms with Crippen LogP contribution in [0, 0.1) is 19.3 Å². The van der Waals surface area contributed by atoms with E-state index in [1.165, 1.54) is 0 Å². The zero-order valence-electron chi connectivity index (χ0n) is 22.2. The van der Waals surface area contributed by atoms with Crippen molar-refractivity contribution in [3.05, 3.63) is 88.2 Å². The molecule has 1 atom stereocenters. The molecule has 0 saturated heterocycles. The lowest BCUT2D eigenvalue weighted by atomic mass is 9.70. The molecule has 0 radical (unpaired) electrons. The molecule has 1 aliphatic heterocycles. The van der Waals surface area contributed by atoms with Crippen molar-refractivity contribution in [3.63, 3.8) is 0 Å². The van der Waals surface area contributed by atoms with Crippen molar-refractivity contribution in [2.75, 3.05) is 7.11 Å². The Bertz CT molecular complexity index is 1580. The minimum atomic E-state index is -0.379. The second-order valence-corrected chi connectivity index (χ2v) is 10.9. The molecule has 8 nitrogen and oxygen atoms in total. The Labute approximate surface area is 221 Å². The third-order valence-electron chi connectivity index (χ3n) is 7.31. The van der Waals surface area contributed by atoms with Crippen LogP contribution in [0.15, 0.2) is 60.1 Å². The molecule has 2 aromatic carbocycles. The van der Waals surface area contributed by atoms with E-state index in [2.05, 4.69) is 23.9 Å². The molecule has 0 bridgehead atoms. The van der Waals surface area contributed by atoms with Crippen LogP contribution in [0.5, 0.6) is 17.4 Å². The van der Waals surface area contributed by atoms with Gasteiger partial charge in [0.15, 0.2) is 17.3 Å². The number of aromatic nitrogens is 4. The van der Waals surface area contributed by atoms with E-state index in [1.807, 2.05) is 56.3 Å². The summed E-state index contributed by atoms with van der Waals surface area (Å²) in [6, 6.07) is 13.8. The van der Waals surface area contributed by atoms with Gasteiger partial charge in [0.1, 0.15) is 30.2 Å². The first kappa shape index (κ1) is 24.2. The van der Waals surface area contributed by atoms with Gasteiger partial charge in [0, 0.05) is 24.3 Å². The van der Waals surface area contributed by atoms with E-state index < -0.39 is 0 Å². The highest BCUT2D eigenvalue weighted by Gasteiger charge is 2.44. The number of benzene rings is 2. The molecule has 8 heteroatoms. The van der Waals surface area contributed by atoms with Gasteiger partial charge in [-0.05, 0) is 48.1 Å². The molecule has 1 aliphatic carbocycles. The van der Waals surface area contributed by atoms with Gasteiger partial charge < -0.3 is 14.2 Å². The first-order valence-electron chi connectivity index (χ1n) is 12.8. The molecule has 0 amide bonds. The largest absolute Gasteiger partial charge is 0.497 e. The van der Waals surface area contributed by atoms with Crippen LogP contribution in [0.4, 0.5) is 0 Å². The Hall–Kier alpha value is -4.20. The van der Waals surface area contributed by atoms with Crippen molar-refractivity contribution < 1.29 is 19.0 Å². The van der Waals surface area contributed by atoms with Crippen LogP contribution in [-0.2, 0) is 11.4 Å². The number of fused-ring (bicyclic) bond motifs is 3. The fourth-order valence-electron chi connectivity index (χ4n) is 5.54. The van der Waals surface area contributed by atoms with Crippen LogP contribution >= 0.6 is 0 Å². The third-order valence-corrected chi connectivity index (χ3v) is 7.31. The number of methoxy groups -OCH3 is 1. The molecule has 0 N–H and O–H groups in total. The van der Waals surface area contributed by atoms with Crippen molar-refractivity contribution in [1.82, 2.24) is 19.6 Å². The van der Waals surface area contributed by atoms with E-state index >= 15 is 0 Å². The predicted molar refractivity (Wildman–Crippen MR) is 142 cm³/mol. The van der Waals surface area contributed by atoms with Gasteiger partial charge in [0.25, 0.3) is 0 Å². The van der Waals surface area contributed by atoms with Crippen LogP contribution in [0.2, 0.25) is 0 Å². The fraction of sp³-hybridized carbons (Fsp3) is 0.333. The standard InChI is InChI=1S/C30H30N4O4/c1-17-7-6-8-18(2)27(17)37-15-23-32-28-26-24(19-9-11-20(36-5)12-10-19)25-21(35)13-30(3,4)14-22(25)38-29(26)31-16-34(28)33-23/h6-12,16,24H,13-15H2,1-5H3. The lowest BCUT2D eigenvalue weighted by Crippen LogP contribution is -2.33. The first-order chi connectivity index (χ1) is 18.2. The van der Waals surface area contributed by atoms with Gasteiger partial charge in [-0.2, -0.15) is 0 Å². The molecule has 2 aliphatic rings. The molecule has 38 heavy (non-hydrogen) atoms. The lowest BCUT2D eigenvalue weighted by molar-refractivity contribution is -0.118. The Morgan fingerprint density at radius 3 is 2.53 bits per heavy atom. The number of para-hydroxylation sites is 1. The summed E-state index contributed by atoms with van der Waals surface area (Å²) >= 11 is 0. The summed E-state index contributed by atoms with van der Waals surface area (Å²) in [5.74, 6) is 2.95. The van der Waals surface area contributed by atoms with Crippen molar-refractivity contribution >= 4 is 11.4 Å². The molecule has 194 valence electrons. The van der Waals surface area contributed by atoms with E-state index in [4.69, 9.17) is 19.2 Å². The van der Waals surface area contributed by atoms with Crippen LogP contribution in [0.25, 0.3) is 5.65 Å². The van der Waals surface area contributed by atoms with Gasteiger partial charge >= 0.3 is 0 Å². The summed E-state index contributed by atoms with van der Waals surface area (Å²) in [6.07, 6.45) is 2.72. The quantitative estimate of drug-likeness (QED) is 0.350. The Morgan fingerprint density at radius 2 is 1.82 bits per heavy atom. The van der Waals surface area contributed by atoms with Crippen molar-refractivity contribution in [3.8, 4) is 17.4 Å². The number of nitrogens with zero attached hydrogens (tertiary/aromatic N) is 4. The predicted octanol–water partition coefficient (Wildman–Crippen LogP) is 5.50. The molecule has 4 aromatic rings. The average Bonchev–Trinajstić information content (AvgIpc) is 3.30. The number of ketones is 1. The van der Waals surface area contributed by atoms with E-state index in [0.717, 1.165) is 33.8 Å². The summed E-state index contributed by atoms with van der Waals surface area (Å²) in [5, 5.41) is 4.64. The van der Waals surface area contributed by atoms with Crippen molar-refractivity contribution in [2.24, 2.45) is 5.41 Å². The van der Waals surface area contributed by atoms with Gasteiger partial charge in [-0.25, -0.2) is 14.5 Å². The zero-order valence-corrected chi connectivity index (χ0v) is 22.2. The Kier molecular flexibility index (Phi) is 5.70. The van der Waals surface area contributed by atoms with Crippen molar-refractivity contribution in [1.29, 1.82) is 0 Å². The molecule has 1 unspecified atom stereocenters. The normalized spacial score (nSPS) is 18.1. The number of hydrogen-bond donors (Lipinski definition) is 0. The number of aryl methyl sites for hydroxylation is 2. The van der Waals surface area contributed by atoms with E-state index in [0.29, 0.717) is 41.5 Å². The highest BCUT2D eigenvalue weighted by Crippen LogP contribution is 2.50. The fourth-order valence-corrected chi connectivity index (χ4v) is 5.54. The Morgan fingerprint density at radius 1 is 1.08 bits per heavy atom. The van der Waals surface area contributed by atoms with Gasteiger partial charge in [-0.3, -0.25) is 4.79 Å². The average molecular weight is 511 g/mol. The molecular weight excluding hydrogens is 480 g/mol. The van der Waals surface area contributed by atoms with E-state index in [9.17, 15) is 4.79 Å². The molecule has 0 fully saturated rings. The maximum atomic E-state index is 13.6. The number of ether oxygens (including phenoxy) is 3. The van der Waals surface area contributed by atoms with E-state index in [-0.39, 0.29) is 23.7 Å². The molecule has 0 spiro atoms. The van der Waals surface area contributed by atoms with Gasteiger partial charge in [0.2, 0.25) is 5.88 Å². The summed E-state index contributed by atoms with van der Waals surface area (Å²) in [7, 11) is 1.64.